The highest BCUT2D eigenvalue weighted by Gasteiger charge is 2.30. The lowest BCUT2D eigenvalue weighted by molar-refractivity contribution is -0.0842. The van der Waals surface area contributed by atoms with Gasteiger partial charge in [-0.05, 0) is 44.1 Å². The summed E-state index contributed by atoms with van der Waals surface area (Å²) < 4.78 is 6.54. The fourth-order valence-corrected chi connectivity index (χ4v) is 3.84. The van der Waals surface area contributed by atoms with Gasteiger partial charge in [-0.3, -0.25) is 0 Å². The Hall–Kier alpha value is -0.0800. The van der Waals surface area contributed by atoms with Crippen LogP contribution in [-0.2, 0) is 4.74 Å². The lowest BCUT2D eigenvalue weighted by atomic mass is 9.84. The molecule has 2 rings (SSSR count). The summed E-state index contributed by atoms with van der Waals surface area (Å²) in [5.74, 6) is 1.42. The predicted molar refractivity (Wildman–Crippen MR) is 76.5 cm³/mol. The molecule has 0 radical (unpaired) electrons. The van der Waals surface area contributed by atoms with Crippen LogP contribution in [0.1, 0.15) is 71.1 Å². The van der Waals surface area contributed by atoms with E-state index in [2.05, 4.69) is 6.92 Å². The van der Waals surface area contributed by atoms with Gasteiger partial charge in [-0.1, -0.05) is 45.4 Å². The molecule has 4 unspecified atom stereocenters. The first-order chi connectivity index (χ1) is 8.85. The number of rotatable bonds is 4. The van der Waals surface area contributed by atoms with E-state index in [4.69, 9.17) is 10.5 Å². The minimum Gasteiger partial charge on any atom is -0.374 e. The molecule has 0 aromatic carbocycles. The van der Waals surface area contributed by atoms with Crippen molar-refractivity contribution in [3.63, 3.8) is 0 Å². The molecule has 2 fully saturated rings. The predicted octanol–water partition coefficient (Wildman–Crippen LogP) is 3.88. The van der Waals surface area contributed by atoms with Gasteiger partial charge in [0.25, 0.3) is 0 Å². The van der Waals surface area contributed by atoms with Crippen LogP contribution in [0.4, 0.5) is 0 Å². The van der Waals surface area contributed by atoms with Crippen LogP contribution >= 0.6 is 0 Å². The Bertz CT molecular complexity index is 231. The second-order valence-corrected chi connectivity index (χ2v) is 6.30. The molecule has 0 aliphatic heterocycles. The zero-order valence-corrected chi connectivity index (χ0v) is 12.1. The maximum atomic E-state index is 6.54. The van der Waals surface area contributed by atoms with E-state index in [-0.39, 0.29) is 0 Å². The van der Waals surface area contributed by atoms with Gasteiger partial charge in [-0.25, -0.2) is 0 Å². The van der Waals surface area contributed by atoms with Crippen molar-refractivity contribution in [3.8, 4) is 0 Å². The Kier molecular flexibility index (Phi) is 5.97. The van der Waals surface area contributed by atoms with Gasteiger partial charge in [-0.15, -0.1) is 0 Å². The van der Waals surface area contributed by atoms with Crippen LogP contribution in [0.15, 0.2) is 0 Å². The first-order valence-corrected chi connectivity index (χ1v) is 8.20. The third-order valence-electron chi connectivity index (χ3n) is 5.11. The second-order valence-electron chi connectivity index (χ2n) is 6.30. The van der Waals surface area contributed by atoms with Gasteiger partial charge >= 0.3 is 0 Å². The standard InChI is InChI=1S/C16H31NO/c1-2-13-8-6-7-11-15(13)18-16-10-5-3-4-9-14(16)12-17/h13-16H,2-12,17H2,1H3. The molecule has 0 amide bonds. The zero-order valence-electron chi connectivity index (χ0n) is 12.1. The summed E-state index contributed by atoms with van der Waals surface area (Å²) in [5.41, 5.74) is 5.96. The van der Waals surface area contributed by atoms with Crippen molar-refractivity contribution >= 4 is 0 Å². The van der Waals surface area contributed by atoms with Gasteiger partial charge in [0.05, 0.1) is 12.2 Å². The van der Waals surface area contributed by atoms with E-state index in [1.54, 1.807) is 0 Å². The van der Waals surface area contributed by atoms with Crippen molar-refractivity contribution in [3.05, 3.63) is 0 Å². The molecule has 2 nitrogen and oxygen atoms in total. The molecule has 0 aromatic rings. The van der Waals surface area contributed by atoms with E-state index >= 15 is 0 Å². The lowest BCUT2D eigenvalue weighted by Gasteiger charge is -2.36. The highest BCUT2D eigenvalue weighted by atomic mass is 16.5. The van der Waals surface area contributed by atoms with E-state index in [9.17, 15) is 0 Å². The van der Waals surface area contributed by atoms with Crippen molar-refractivity contribution in [2.75, 3.05) is 6.54 Å². The first kappa shape index (κ1) is 14.3. The molecule has 0 aromatic heterocycles. The molecule has 0 bridgehead atoms. The van der Waals surface area contributed by atoms with Crippen LogP contribution in [-0.4, -0.2) is 18.8 Å². The molecular weight excluding hydrogens is 222 g/mol. The first-order valence-electron chi connectivity index (χ1n) is 8.20. The van der Waals surface area contributed by atoms with Crippen LogP contribution < -0.4 is 5.73 Å². The largest absolute Gasteiger partial charge is 0.374 e. The van der Waals surface area contributed by atoms with Crippen LogP contribution in [0, 0.1) is 11.8 Å². The van der Waals surface area contributed by atoms with Gasteiger partial charge < -0.3 is 10.5 Å². The molecule has 0 heterocycles. The fraction of sp³-hybridized carbons (Fsp3) is 1.00. The maximum absolute atomic E-state index is 6.54. The second kappa shape index (κ2) is 7.49. The SMILES string of the molecule is CCC1CCCCC1OC1CCCCCC1CN. The van der Waals surface area contributed by atoms with Crippen molar-refractivity contribution in [2.45, 2.75) is 83.3 Å². The summed E-state index contributed by atoms with van der Waals surface area (Å²) in [7, 11) is 0. The highest BCUT2D eigenvalue weighted by Crippen LogP contribution is 2.33. The molecule has 2 aliphatic carbocycles. The summed E-state index contributed by atoms with van der Waals surface area (Å²) >= 11 is 0. The average molecular weight is 253 g/mol. The summed E-state index contributed by atoms with van der Waals surface area (Å²) in [5, 5.41) is 0. The Morgan fingerprint density at radius 2 is 1.39 bits per heavy atom. The summed E-state index contributed by atoms with van der Waals surface area (Å²) in [6, 6.07) is 0. The molecular formula is C16H31NO. The van der Waals surface area contributed by atoms with E-state index < -0.39 is 0 Å². The Morgan fingerprint density at radius 1 is 0.833 bits per heavy atom. The van der Waals surface area contributed by atoms with Gasteiger partial charge in [0, 0.05) is 0 Å². The zero-order chi connectivity index (χ0) is 12.8. The average Bonchev–Trinajstić information content (AvgIpc) is 2.64. The van der Waals surface area contributed by atoms with Crippen molar-refractivity contribution in [1.82, 2.24) is 0 Å². The van der Waals surface area contributed by atoms with Gasteiger partial charge in [0.15, 0.2) is 0 Å². The quantitative estimate of drug-likeness (QED) is 0.772. The number of hydrogen-bond acceptors (Lipinski definition) is 2. The van der Waals surface area contributed by atoms with E-state index in [0.29, 0.717) is 18.1 Å². The number of ether oxygens (including phenoxy) is 1. The highest BCUT2D eigenvalue weighted by molar-refractivity contribution is 4.81. The molecule has 4 atom stereocenters. The Labute approximate surface area is 113 Å². The lowest BCUT2D eigenvalue weighted by Crippen LogP contribution is -2.37. The maximum Gasteiger partial charge on any atom is 0.0619 e. The number of nitrogens with two attached hydrogens (primary N) is 1. The topological polar surface area (TPSA) is 35.2 Å². The van der Waals surface area contributed by atoms with E-state index in [1.165, 1.54) is 64.2 Å². The van der Waals surface area contributed by atoms with E-state index in [0.717, 1.165) is 12.5 Å². The third kappa shape index (κ3) is 3.71. The van der Waals surface area contributed by atoms with Crippen molar-refractivity contribution in [2.24, 2.45) is 17.6 Å². The molecule has 106 valence electrons. The number of hydrogen-bond donors (Lipinski definition) is 1. The van der Waals surface area contributed by atoms with Crippen LogP contribution in [0.3, 0.4) is 0 Å². The molecule has 2 aliphatic rings. The molecule has 2 N–H and O–H groups in total. The van der Waals surface area contributed by atoms with Crippen LogP contribution in [0.25, 0.3) is 0 Å². The fourth-order valence-electron chi connectivity index (χ4n) is 3.84. The summed E-state index contributed by atoms with van der Waals surface area (Å²) in [6.07, 6.45) is 14.3. The monoisotopic (exact) mass is 253 g/mol. The van der Waals surface area contributed by atoms with Gasteiger partial charge in [0.1, 0.15) is 0 Å². The normalized spacial score (nSPS) is 38.3. The smallest absolute Gasteiger partial charge is 0.0619 e. The molecule has 2 saturated carbocycles. The van der Waals surface area contributed by atoms with Gasteiger partial charge in [0.2, 0.25) is 0 Å². The van der Waals surface area contributed by atoms with E-state index in [1.807, 2.05) is 0 Å². The third-order valence-corrected chi connectivity index (χ3v) is 5.11. The molecule has 18 heavy (non-hydrogen) atoms. The molecule has 2 heteroatoms. The Morgan fingerprint density at radius 3 is 2.11 bits per heavy atom. The summed E-state index contributed by atoms with van der Waals surface area (Å²) in [6.45, 7) is 3.13. The van der Waals surface area contributed by atoms with Crippen molar-refractivity contribution < 1.29 is 4.74 Å². The minimum absolute atomic E-state index is 0.453. The summed E-state index contributed by atoms with van der Waals surface area (Å²) in [4.78, 5) is 0. The minimum atomic E-state index is 0.453. The molecule has 0 saturated heterocycles. The molecule has 0 spiro atoms. The van der Waals surface area contributed by atoms with Gasteiger partial charge in [-0.2, -0.15) is 0 Å². The van der Waals surface area contributed by atoms with Crippen molar-refractivity contribution in [1.29, 1.82) is 0 Å². The van der Waals surface area contributed by atoms with Crippen LogP contribution in [0.2, 0.25) is 0 Å². The Balaban J connectivity index is 1.91. The van der Waals surface area contributed by atoms with Crippen LogP contribution in [0.5, 0.6) is 0 Å².